The molecule has 1 fully saturated rings. The van der Waals surface area contributed by atoms with E-state index in [1.54, 1.807) is 18.2 Å². The zero-order valence-corrected chi connectivity index (χ0v) is 10.4. The first-order chi connectivity index (χ1) is 7.58. The fourth-order valence-corrected chi connectivity index (χ4v) is 2.24. The first kappa shape index (κ1) is 11.9. The molecule has 0 amide bonds. The van der Waals surface area contributed by atoms with Gasteiger partial charge in [-0.2, -0.15) is 0 Å². The first-order valence-corrected chi connectivity index (χ1v) is 5.98. The average Bonchev–Trinajstić information content (AvgIpc) is 2.67. The summed E-state index contributed by atoms with van der Waals surface area (Å²) in [6, 6.07) is 4.90. The van der Waals surface area contributed by atoms with E-state index in [0.29, 0.717) is 15.6 Å². The first-order valence-electron chi connectivity index (χ1n) is 5.22. The number of Topliss-reactive ketones (excluding diaryl/α,β-unsaturated/α-hetero) is 1. The van der Waals surface area contributed by atoms with Crippen molar-refractivity contribution in [2.45, 2.75) is 32.0 Å². The Kier molecular flexibility index (Phi) is 3.53. The van der Waals surface area contributed by atoms with Gasteiger partial charge in [0.05, 0.1) is 11.1 Å². The molecule has 2 unspecified atom stereocenters. The Labute approximate surface area is 104 Å². The summed E-state index contributed by atoms with van der Waals surface area (Å²) in [5.41, 5.74) is 0.452. The molecule has 0 saturated carbocycles. The van der Waals surface area contributed by atoms with Gasteiger partial charge in [0.15, 0.2) is 5.78 Å². The van der Waals surface area contributed by atoms with Crippen LogP contribution in [0, 0.1) is 0 Å². The number of ether oxygens (including phenoxy) is 1. The van der Waals surface area contributed by atoms with Crippen molar-refractivity contribution in [3.63, 3.8) is 0 Å². The van der Waals surface area contributed by atoms with Crippen LogP contribution in [0.25, 0.3) is 0 Å². The molecule has 86 valence electrons. The molecule has 16 heavy (non-hydrogen) atoms. The zero-order chi connectivity index (χ0) is 11.7. The lowest BCUT2D eigenvalue weighted by atomic mass is 10.0. The van der Waals surface area contributed by atoms with Crippen LogP contribution in [0.2, 0.25) is 10.0 Å². The van der Waals surface area contributed by atoms with E-state index in [0.717, 1.165) is 12.8 Å². The third kappa shape index (κ3) is 2.40. The molecule has 0 aliphatic carbocycles. The molecule has 0 spiro atoms. The fraction of sp³-hybridized carbons (Fsp3) is 0.417. The Morgan fingerprint density at radius 2 is 2.12 bits per heavy atom. The molecular formula is C12H12Cl2O2. The molecule has 0 aromatic heterocycles. The van der Waals surface area contributed by atoms with E-state index in [4.69, 9.17) is 27.9 Å². The number of carbonyl (C=O) groups excluding carboxylic acids is 1. The topological polar surface area (TPSA) is 26.3 Å². The van der Waals surface area contributed by atoms with Gasteiger partial charge in [0.2, 0.25) is 0 Å². The summed E-state index contributed by atoms with van der Waals surface area (Å²) < 4.78 is 5.52. The van der Waals surface area contributed by atoms with E-state index in [1.807, 2.05) is 6.92 Å². The molecule has 2 atom stereocenters. The summed E-state index contributed by atoms with van der Waals surface area (Å²) in [7, 11) is 0. The van der Waals surface area contributed by atoms with Gasteiger partial charge in [-0.05, 0) is 38.0 Å². The van der Waals surface area contributed by atoms with Crippen LogP contribution in [0.3, 0.4) is 0 Å². The summed E-state index contributed by atoms with van der Waals surface area (Å²) in [4.78, 5) is 12.1. The number of hydrogen-bond acceptors (Lipinski definition) is 2. The number of rotatable bonds is 2. The van der Waals surface area contributed by atoms with Gasteiger partial charge in [-0.25, -0.2) is 0 Å². The van der Waals surface area contributed by atoms with Gasteiger partial charge < -0.3 is 4.74 Å². The molecule has 1 aliphatic heterocycles. The van der Waals surface area contributed by atoms with Crippen LogP contribution < -0.4 is 0 Å². The molecule has 1 heterocycles. The molecular weight excluding hydrogens is 247 g/mol. The molecule has 0 radical (unpaired) electrons. The largest absolute Gasteiger partial charge is 0.367 e. The normalized spacial score (nSPS) is 24.7. The minimum absolute atomic E-state index is 0.0724. The molecule has 1 saturated heterocycles. The molecule has 0 bridgehead atoms. The number of hydrogen-bond donors (Lipinski definition) is 0. The standard InChI is InChI=1S/C12H12Cl2O2/c1-7-2-5-11(16-7)12(15)9-6-8(13)3-4-10(9)14/h3-4,6-7,11H,2,5H2,1H3. The molecule has 1 aromatic carbocycles. The predicted molar refractivity (Wildman–Crippen MR) is 64.4 cm³/mol. The molecule has 1 aromatic rings. The zero-order valence-electron chi connectivity index (χ0n) is 8.87. The van der Waals surface area contributed by atoms with Crippen LogP contribution in [-0.2, 0) is 4.74 Å². The van der Waals surface area contributed by atoms with Crippen molar-refractivity contribution in [1.82, 2.24) is 0 Å². The van der Waals surface area contributed by atoms with Gasteiger partial charge in [0, 0.05) is 10.6 Å². The lowest BCUT2D eigenvalue weighted by Gasteiger charge is -2.11. The van der Waals surface area contributed by atoms with Crippen LogP contribution in [0.4, 0.5) is 0 Å². The second-order valence-electron chi connectivity index (χ2n) is 4.00. The van der Waals surface area contributed by atoms with Crippen LogP contribution in [0.5, 0.6) is 0 Å². The molecule has 1 aliphatic rings. The van der Waals surface area contributed by atoms with Crippen molar-refractivity contribution in [1.29, 1.82) is 0 Å². The second kappa shape index (κ2) is 4.74. The molecule has 2 nitrogen and oxygen atoms in total. The van der Waals surface area contributed by atoms with E-state index >= 15 is 0 Å². The number of carbonyl (C=O) groups is 1. The summed E-state index contributed by atoms with van der Waals surface area (Å²) >= 11 is 11.8. The summed E-state index contributed by atoms with van der Waals surface area (Å²) in [5.74, 6) is -0.0724. The van der Waals surface area contributed by atoms with E-state index in [2.05, 4.69) is 0 Å². The van der Waals surface area contributed by atoms with Crippen molar-refractivity contribution in [3.05, 3.63) is 33.8 Å². The highest BCUT2D eigenvalue weighted by Gasteiger charge is 2.29. The minimum Gasteiger partial charge on any atom is -0.367 e. The smallest absolute Gasteiger partial charge is 0.193 e. The van der Waals surface area contributed by atoms with Gasteiger partial charge in [0.25, 0.3) is 0 Å². The molecule has 4 heteroatoms. The Morgan fingerprint density at radius 3 is 2.75 bits per heavy atom. The SMILES string of the molecule is CC1CCC(C(=O)c2cc(Cl)ccc2Cl)O1. The highest BCUT2D eigenvalue weighted by atomic mass is 35.5. The summed E-state index contributed by atoms with van der Waals surface area (Å²) in [6.07, 6.45) is 1.44. The summed E-state index contributed by atoms with van der Waals surface area (Å²) in [5, 5.41) is 0.941. The Balaban J connectivity index is 2.23. The lowest BCUT2D eigenvalue weighted by molar-refractivity contribution is 0.0433. The maximum absolute atomic E-state index is 12.1. The Bertz CT molecular complexity index is 417. The van der Waals surface area contributed by atoms with Crippen molar-refractivity contribution < 1.29 is 9.53 Å². The third-order valence-corrected chi connectivity index (χ3v) is 3.28. The van der Waals surface area contributed by atoms with Crippen LogP contribution in [0.1, 0.15) is 30.1 Å². The number of ketones is 1. The van der Waals surface area contributed by atoms with Crippen molar-refractivity contribution in [2.75, 3.05) is 0 Å². The summed E-state index contributed by atoms with van der Waals surface area (Å²) in [6.45, 7) is 1.97. The van der Waals surface area contributed by atoms with Gasteiger partial charge in [-0.1, -0.05) is 23.2 Å². The van der Waals surface area contributed by atoms with Crippen molar-refractivity contribution in [3.8, 4) is 0 Å². The monoisotopic (exact) mass is 258 g/mol. The molecule has 0 N–H and O–H groups in total. The lowest BCUT2D eigenvalue weighted by Crippen LogP contribution is -2.21. The number of halogens is 2. The van der Waals surface area contributed by atoms with Crippen molar-refractivity contribution >= 4 is 29.0 Å². The number of benzene rings is 1. The Morgan fingerprint density at radius 1 is 1.38 bits per heavy atom. The Hall–Kier alpha value is -0.570. The van der Waals surface area contributed by atoms with Gasteiger partial charge >= 0.3 is 0 Å². The second-order valence-corrected chi connectivity index (χ2v) is 4.84. The van der Waals surface area contributed by atoms with E-state index in [-0.39, 0.29) is 18.0 Å². The van der Waals surface area contributed by atoms with Gasteiger partial charge in [0.1, 0.15) is 6.10 Å². The van der Waals surface area contributed by atoms with E-state index < -0.39 is 0 Å². The quantitative estimate of drug-likeness (QED) is 0.756. The van der Waals surface area contributed by atoms with Gasteiger partial charge in [-0.3, -0.25) is 4.79 Å². The molecule has 2 rings (SSSR count). The van der Waals surface area contributed by atoms with Crippen molar-refractivity contribution in [2.24, 2.45) is 0 Å². The highest BCUT2D eigenvalue weighted by molar-refractivity contribution is 6.36. The maximum Gasteiger partial charge on any atom is 0.193 e. The maximum atomic E-state index is 12.1. The van der Waals surface area contributed by atoms with E-state index in [1.165, 1.54) is 0 Å². The van der Waals surface area contributed by atoms with Crippen LogP contribution >= 0.6 is 23.2 Å². The van der Waals surface area contributed by atoms with Crippen LogP contribution in [0.15, 0.2) is 18.2 Å². The third-order valence-electron chi connectivity index (χ3n) is 2.72. The fourth-order valence-electron chi connectivity index (χ4n) is 1.86. The highest BCUT2D eigenvalue weighted by Crippen LogP contribution is 2.27. The average molecular weight is 259 g/mol. The predicted octanol–water partition coefficient (Wildman–Crippen LogP) is 3.74. The minimum atomic E-state index is -0.369. The van der Waals surface area contributed by atoms with Gasteiger partial charge in [-0.15, -0.1) is 0 Å². The van der Waals surface area contributed by atoms with E-state index in [9.17, 15) is 4.79 Å². The van der Waals surface area contributed by atoms with Crippen LogP contribution in [-0.4, -0.2) is 18.0 Å².